The Morgan fingerprint density at radius 3 is 2.80 bits per heavy atom. The van der Waals surface area contributed by atoms with E-state index in [2.05, 4.69) is 15.5 Å². The molecule has 1 aliphatic carbocycles. The number of benzene rings is 1. The molecular formula is C14H18ClN5. The van der Waals surface area contributed by atoms with E-state index in [0.717, 1.165) is 30.3 Å². The molecule has 0 atom stereocenters. The maximum Gasteiger partial charge on any atom is 0.182 e. The normalized spacial score (nSPS) is 15.8. The van der Waals surface area contributed by atoms with E-state index < -0.39 is 0 Å². The van der Waals surface area contributed by atoms with Gasteiger partial charge in [0.25, 0.3) is 0 Å². The summed E-state index contributed by atoms with van der Waals surface area (Å²) in [5.74, 6) is 1.55. The molecule has 1 aromatic carbocycles. The summed E-state index contributed by atoms with van der Waals surface area (Å²) in [5, 5.41) is 12.6. The number of aryl methyl sites for hydroxylation is 1. The van der Waals surface area contributed by atoms with Gasteiger partial charge in [-0.3, -0.25) is 0 Å². The molecule has 1 heterocycles. The summed E-state index contributed by atoms with van der Waals surface area (Å²) >= 11 is 6.04. The standard InChI is InChI=1S/C14H18ClN5/c15-12-7-11(8-13(16)9-12)14-17-18-19-20(14)6-5-10-3-1-2-4-10/h7-10H,1-6,16H2. The lowest BCUT2D eigenvalue weighted by atomic mass is 10.0. The number of hydrogen-bond donors (Lipinski definition) is 1. The van der Waals surface area contributed by atoms with Crippen molar-refractivity contribution in [3.05, 3.63) is 23.2 Å². The molecule has 3 rings (SSSR count). The number of rotatable bonds is 4. The van der Waals surface area contributed by atoms with Crippen molar-refractivity contribution in [1.82, 2.24) is 20.2 Å². The number of nitrogen functional groups attached to an aromatic ring is 1. The van der Waals surface area contributed by atoms with Gasteiger partial charge < -0.3 is 5.73 Å². The first-order valence-electron chi connectivity index (χ1n) is 7.05. The smallest absolute Gasteiger partial charge is 0.182 e. The molecule has 6 heteroatoms. The minimum Gasteiger partial charge on any atom is -0.399 e. The quantitative estimate of drug-likeness (QED) is 0.879. The lowest BCUT2D eigenvalue weighted by Crippen LogP contribution is -2.07. The summed E-state index contributed by atoms with van der Waals surface area (Å²) < 4.78 is 1.85. The van der Waals surface area contributed by atoms with Crippen LogP contribution in [0.3, 0.4) is 0 Å². The Balaban J connectivity index is 1.78. The van der Waals surface area contributed by atoms with E-state index in [4.69, 9.17) is 17.3 Å². The summed E-state index contributed by atoms with van der Waals surface area (Å²) in [6.45, 7) is 0.847. The summed E-state index contributed by atoms with van der Waals surface area (Å²) in [6, 6.07) is 5.41. The van der Waals surface area contributed by atoms with Crippen LogP contribution in [0.15, 0.2) is 18.2 Å². The summed E-state index contributed by atoms with van der Waals surface area (Å²) in [6.07, 6.45) is 6.52. The molecule has 2 N–H and O–H groups in total. The minimum atomic E-state index is 0.602. The van der Waals surface area contributed by atoms with Gasteiger partial charge in [-0.05, 0) is 41.0 Å². The van der Waals surface area contributed by atoms with Gasteiger partial charge in [0.15, 0.2) is 5.82 Å². The average Bonchev–Trinajstić information content (AvgIpc) is 3.06. The SMILES string of the molecule is Nc1cc(Cl)cc(-c2nnnn2CCC2CCCC2)c1. The lowest BCUT2D eigenvalue weighted by molar-refractivity contribution is 0.436. The van der Waals surface area contributed by atoms with Crippen LogP contribution in [0.25, 0.3) is 11.4 Å². The van der Waals surface area contributed by atoms with Crippen molar-refractivity contribution in [3.8, 4) is 11.4 Å². The van der Waals surface area contributed by atoms with E-state index in [1.807, 2.05) is 16.8 Å². The lowest BCUT2D eigenvalue weighted by Gasteiger charge is -2.10. The van der Waals surface area contributed by atoms with Gasteiger partial charge >= 0.3 is 0 Å². The Morgan fingerprint density at radius 1 is 1.25 bits per heavy atom. The third kappa shape index (κ3) is 2.93. The highest BCUT2D eigenvalue weighted by molar-refractivity contribution is 6.31. The number of hydrogen-bond acceptors (Lipinski definition) is 4. The zero-order chi connectivity index (χ0) is 13.9. The monoisotopic (exact) mass is 291 g/mol. The van der Waals surface area contributed by atoms with E-state index in [0.29, 0.717) is 10.7 Å². The Hall–Kier alpha value is -1.62. The number of aromatic nitrogens is 4. The third-order valence-corrected chi connectivity index (χ3v) is 4.15. The molecule has 1 aromatic heterocycles. The molecule has 0 bridgehead atoms. The van der Waals surface area contributed by atoms with E-state index in [-0.39, 0.29) is 0 Å². The first-order chi connectivity index (χ1) is 9.72. The van der Waals surface area contributed by atoms with Gasteiger partial charge in [-0.1, -0.05) is 37.3 Å². The highest BCUT2D eigenvalue weighted by atomic mass is 35.5. The van der Waals surface area contributed by atoms with Crippen molar-refractivity contribution in [2.75, 3.05) is 5.73 Å². The zero-order valence-corrected chi connectivity index (χ0v) is 12.1. The zero-order valence-electron chi connectivity index (χ0n) is 11.3. The second-order valence-electron chi connectivity index (χ2n) is 5.44. The maximum atomic E-state index is 6.04. The Labute approximate surface area is 123 Å². The molecule has 1 saturated carbocycles. The fraction of sp³-hybridized carbons (Fsp3) is 0.500. The summed E-state index contributed by atoms with van der Waals surface area (Å²) in [7, 11) is 0. The van der Waals surface area contributed by atoms with Crippen molar-refractivity contribution >= 4 is 17.3 Å². The van der Waals surface area contributed by atoms with Gasteiger partial charge in [0, 0.05) is 22.8 Å². The van der Waals surface area contributed by atoms with Crippen molar-refractivity contribution in [2.24, 2.45) is 5.92 Å². The second kappa shape index (κ2) is 5.79. The van der Waals surface area contributed by atoms with Crippen LogP contribution in [0, 0.1) is 5.92 Å². The van der Waals surface area contributed by atoms with Gasteiger partial charge in [0.05, 0.1) is 0 Å². The van der Waals surface area contributed by atoms with Crippen LogP contribution in [0.1, 0.15) is 32.1 Å². The van der Waals surface area contributed by atoms with Gasteiger partial charge in [0.2, 0.25) is 0 Å². The molecule has 1 fully saturated rings. The molecule has 0 aliphatic heterocycles. The number of tetrazole rings is 1. The van der Waals surface area contributed by atoms with Crippen LogP contribution < -0.4 is 5.73 Å². The van der Waals surface area contributed by atoms with E-state index >= 15 is 0 Å². The number of halogens is 1. The molecule has 0 unspecified atom stereocenters. The van der Waals surface area contributed by atoms with Crippen LogP contribution >= 0.6 is 11.6 Å². The topological polar surface area (TPSA) is 69.6 Å². The summed E-state index contributed by atoms with van der Waals surface area (Å²) in [4.78, 5) is 0. The first-order valence-corrected chi connectivity index (χ1v) is 7.43. The van der Waals surface area contributed by atoms with Crippen LogP contribution in [-0.4, -0.2) is 20.2 Å². The average molecular weight is 292 g/mol. The highest BCUT2D eigenvalue weighted by Crippen LogP contribution is 2.29. The van der Waals surface area contributed by atoms with Crippen molar-refractivity contribution in [3.63, 3.8) is 0 Å². The van der Waals surface area contributed by atoms with Gasteiger partial charge in [-0.15, -0.1) is 5.10 Å². The fourth-order valence-electron chi connectivity index (χ4n) is 2.91. The van der Waals surface area contributed by atoms with E-state index in [1.165, 1.54) is 25.7 Å². The van der Waals surface area contributed by atoms with Crippen molar-refractivity contribution < 1.29 is 0 Å². The molecule has 0 spiro atoms. The number of nitrogens with two attached hydrogens (primary N) is 1. The molecule has 5 nitrogen and oxygen atoms in total. The Bertz CT molecular complexity index is 569. The largest absolute Gasteiger partial charge is 0.399 e. The van der Waals surface area contributed by atoms with Crippen molar-refractivity contribution in [1.29, 1.82) is 0 Å². The predicted octanol–water partition coefficient (Wildman–Crippen LogP) is 3.16. The minimum absolute atomic E-state index is 0.602. The van der Waals surface area contributed by atoms with Gasteiger partial charge in [-0.2, -0.15) is 0 Å². The van der Waals surface area contributed by atoms with Crippen LogP contribution in [0.4, 0.5) is 5.69 Å². The maximum absolute atomic E-state index is 6.04. The molecular weight excluding hydrogens is 274 g/mol. The van der Waals surface area contributed by atoms with Crippen LogP contribution in [0.2, 0.25) is 5.02 Å². The Morgan fingerprint density at radius 2 is 2.05 bits per heavy atom. The first kappa shape index (κ1) is 13.4. The molecule has 1 aliphatic rings. The van der Waals surface area contributed by atoms with Gasteiger partial charge in [0.1, 0.15) is 0 Å². The molecule has 2 aromatic rings. The predicted molar refractivity (Wildman–Crippen MR) is 79.3 cm³/mol. The van der Waals surface area contributed by atoms with Crippen LogP contribution in [-0.2, 0) is 6.54 Å². The number of anilines is 1. The number of nitrogens with zero attached hydrogens (tertiary/aromatic N) is 4. The summed E-state index contributed by atoms with van der Waals surface area (Å²) in [5.41, 5.74) is 7.32. The molecule has 0 saturated heterocycles. The van der Waals surface area contributed by atoms with E-state index in [1.54, 1.807) is 6.07 Å². The molecule has 106 valence electrons. The highest BCUT2D eigenvalue weighted by Gasteiger charge is 2.16. The fourth-order valence-corrected chi connectivity index (χ4v) is 3.15. The molecule has 20 heavy (non-hydrogen) atoms. The van der Waals surface area contributed by atoms with Gasteiger partial charge in [-0.25, -0.2) is 4.68 Å². The van der Waals surface area contributed by atoms with Crippen molar-refractivity contribution in [2.45, 2.75) is 38.6 Å². The molecule has 0 radical (unpaired) electrons. The second-order valence-corrected chi connectivity index (χ2v) is 5.87. The Kier molecular flexibility index (Phi) is 3.87. The van der Waals surface area contributed by atoms with E-state index in [9.17, 15) is 0 Å². The third-order valence-electron chi connectivity index (χ3n) is 3.93. The van der Waals surface area contributed by atoms with Crippen LogP contribution in [0.5, 0.6) is 0 Å². The molecule has 0 amide bonds.